The van der Waals surface area contributed by atoms with Gasteiger partial charge in [0.25, 0.3) is 5.69 Å². The number of halogens is 1. The fourth-order valence-corrected chi connectivity index (χ4v) is 2.84. The van der Waals surface area contributed by atoms with Gasteiger partial charge in [-0.25, -0.2) is 0 Å². The molecule has 0 aliphatic rings. The van der Waals surface area contributed by atoms with Crippen LogP contribution in [-0.2, 0) is 11.8 Å². The summed E-state index contributed by atoms with van der Waals surface area (Å²) in [4.78, 5) is 21.9. The largest absolute Gasteiger partial charge is 0.384 e. The summed E-state index contributed by atoms with van der Waals surface area (Å²) in [7, 11) is 1.81. The number of nitro groups is 1. The van der Waals surface area contributed by atoms with E-state index in [-0.39, 0.29) is 17.3 Å². The van der Waals surface area contributed by atoms with Crippen LogP contribution in [0.5, 0.6) is 0 Å². The van der Waals surface area contributed by atoms with E-state index in [2.05, 4.69) is 20.8 Å². The molecule has 0 spiro atoms. The van der Waals surface area contributed by atoms with E-state index in [1.807, 2.05) is 7.05 Å². The van der Waals surface area contributed by atoms with Gasteiger partial charge in [0.15, 0.2) is 5.16 Å². The zero-order chi connectivity index (χ0) is 18.2. The van der Waals surface area contributed by atoms with Crippen molar-refractivity contribution in [3.8, 4) is 0 Å². The van der Waals surface area contributed by atoms with Gasteiger partial charge >= 0.3 is 0 Å². The van der Waals surface area contributed by atoms with E-state index in [4.69, 9.17) is 11.6 Å². The van der Waals surface area contributed by atoms with Crippen LogP contribution in [-0.4, -0.2) is 44.4 Å². The number of amides is 1. The van der Waals surface area contributed by atoms with Crippen molar-refractivity contribution in [2.75, 3.05) is 24.2 Å². The highest BCUT2D eigenvalue weighted by molar-refractivity contribution is 7.99. The first-order valence-corrected chi connectivity index (χ1v) is 8.75. The number of thioether (sulfide) groups is 1. The summed E-state index contributed by atoms with van der Waals surface area (Å²) in [6.07, 6.45) is 2.27. The Kier molecular flexibility index (Phi) is 7.02. The molecule has 2 aromatic rings. The molecule has 0 aliphatic heterocycles. The number of benzene rings is 1. The first-order valence-electron chi connectivity index (χ1n) is 7.38. The van der Waals surface area contributed by atoms with Crippen molar-refractivity contribution in [3.63, 3.8) is 0 Å². The van der Waals surface area contributed by atoms with Gasteiger partial charge in [-0.3, -0.25) is 14.9 Å². The molecule has 1 heterocycles. The van der Waals surface area contributed by atoms with Gasteiger partial charge in [-0.2, -0.15) is 0 Å². The van der Waals surface area contributed by atoms with Gasteiger partial charge in [0.2, 0.25) is 5.91 Å². The molecular formula is C14H17ClN6O3S. The second-order valence-corrected chi connectivity index (χ2v) is 6.41. The van der Waals surface area contributed by atoms with E-state index >= 15 is 0 Å². The molecule has 0 unspecified atom stereocenters. The minimum Gasteiger partial charge on any atom is -0.384 e. The number of aromatic nitrogens is 3. The average molecular weight is 385 g/mol. The Morgan fingerprint density at radius 2 is 2.24 bits per heavy atom. The maximum atomic E-state index is 11.7. The van der Waals surface area contributed by atoms with Crippen LogP contribution in [0.3, 0.4) is 0 Å². The fraction of sp³-hybridized carbons (Fsp3) is 0.357. The van der Waals surface area contributed by atoms with E-state index in [1.54, 1.807) is 17.0 Å². The molecule has 0 aliphatic carbocycles. The Hall–Kier alpha value is -2.33. The Morgan fingerprint density at radius 3 is 2.88 bits per heavy atom. The first kappa shape index (κ1) is 19.0. The van der Waals surface area contributed by atoms with E-state index in [1.165, 1.54) is 23.9 Å². The molecule has 0 saturated heterocycles. The van der Waals surface area contributed by atoms with Gasteiger partial charge in [-0.1, -0.05) is 23.4 Å². The van der Waals surface area contributed by atoms with Gasteiger partial charge in [-0.15, -0.1) is 10.2 Å². The van der Waals surface area contributed by atoms with Crippen molar-refractivity contribution in [3.05, 3.63) is 39.7 Å². The van der Waals surface area contributed by atoms with Gasteiger partial charge in [0.1, 0.15) is 6.33 Å². The second kappa shape index (κ2) is 9.23. The number of hydrogen-bond donors (Lipinski definition) is 2. The summed E-state index contributed by atoms with van der Waals surface area (Å²) < 4.78 is 1.75. The average Bonchev–Trinajstić information content (AvgIpc) is 2.98. The summed E-state index contributed by atoms with van der Waals surface area (Å²) in [5, 5.41) is 25.1. The summed E-state index contributed by atoms with van der Waals surface area (Å²) in [6, 6.07) is 4.26. The number of rotatable bonds is 9. The van der Waals surface area contributed by atoms with Crippen LogP contribution in [0.2, 0.25) is 5.02 Å². The van der Waals surface area contributed by atoms with E-state index in [0.29, 0.717) is 35.4 Å². The first-order chi connectivity index (χ1) is 12.0. The zero-order valence-corrected chi connectivity index (χ0v) is 15.0. The molecule has 1 amide bonds. The number of carbonyl (C=O) groups excluding carboxylic acids is 1. The zero-order valence-electron chi connectivity index (χ0n) is 13.4. The van der Waals surface area contributed by atoms with Crippen molar-refractivity contribution in [1.29, 1.82) is 0 Å². The normalized spacial score (nSPS) is 10.5. The van der Waals surface area contributed by atoms with Gasteiger partial charge < -0.3 is 15.2 Å². The third kappa shape index (κ3) is 5.91. The van der Waals surface area contributed by atoms with Crippen LogP contribution in [0, 0.1) is 10.1 Å². The van der Waals surface area contributed by atoms with Crippen LogP contribution in [0.15, 0.2) is 29.7 Å². The number of aryl methyl sites for hydroxylation is 1. The van der Waals surface area contributed by atoms with Crippen molar-refractivity contribution >= 4 is 40.6 Å². The topological polar surface area (TPSA) is 115 Å². The predicted molar refractivity (Wildman–Crippen MR) is 95.9 cm³/mol. The molecular weight excluding hydrogens is 368 g/mol. The summed E-state index contributed by atoms with van der Waals surface area (Å²) >= 11 is 7.30. The Balaban J connectivity index is 1.64. The maximum Gasteiger partial charge on any atom is 0.271 e. The van der Waals surface area contributed by atoms with Crippen molar-refractivity contribution in [2.45, 2.75) is 11.6 Å². The third-order valence-corrected chi connectivity index (χ3v) is 4.50. The predicted octanol–water partition coefficient (Wildman–Crippen LogP) is 2.09. The van der Waals surface area contributed by atoms with E-state index < -0.39 is 4.92 Å². The summed E-state index contributed by atoms with van der Waals surface area (Å²) in [5.74, 6) is 0.190. The number of carbonyl (C=O) groups is 1. The molecule has 2 N–H and O–H groups in total. The number of anilines is 1. The molecule has 1 aromatic carbocycles. The lowest BCUT2D eigenvalue weighted by atomic mass is 10.2. The highest BCUT2D eigenvalue weighted by atomic mass is 35.5. The maximum absolute atomic E-state index is 11.7. The van der Waals surface area contributed by atoms with Crippen LogP contribution in [0.1, 0.15) is 6.42 Å². The van der Waals surface area contributed by atoms with Crippen molar-refractivity contribution < 1.29 is 9.72 Å². The molecule has 9 nitrogen and oxygen atoms in total. The minimum atomic E-state index is -0.496. The standard InChI is InChI=1S/C14H17ClN6O3S/c1-20-9-18-19-14(20)25-8-13(22)17-6-2-5-16-12-4-3-10(21(23)24)7-11(12)15/h3-4,7,9,16H,2,5-6,8H2,1H3,(H,17,22). The van der Waals surface area contributed by atoms with Crippen LogP contribution in [0.25, 0.3) is 0 Å². The lowest BCUT2D eigenvalue weighted by Gasteiger charge is -2.09. The molecule has 0 radical (unpaired) electrons. The third-order valence-electron chi connectivity index (χ3n) is 3.16. The number of nitrogens with one attached hydrogen (secondary N) is 2. The Morgan fingerprint density at radius 1 is 1.44 bits per heavy atom. The highest BCUT2D eigenvalue weighted by Gasteiger charge is 2.09. The van der Waals surface area contributed by atoms with Gasteiger partial charge in [0, 0.05) is 32.3 Å². The molecule has 0 saturated carbocycles. The van der Waals surface area contributed by atoms with Crippen LogP contribution < -0.4 is 10.6 Å². The van der Waals surface area contributed by atoms with Gasteiger partial charge in [0.05, 0.1) is 21.4 Å². The minimum absolute atomic E-state index is 0.0526. The lowest BCUT2D eigenvalue weighted by Crippen LogP contribution is -2.27. The smallest absolute Gasteiger partial charge is 0.271 e. The number of nitrogens with zero attached hydrogens (tertiary/aromatic N) is 4. The molecule has 0 atom stereocenters. The Labute approximate surface area is 153 Å². The molecule has 0 fully saturated rings. The number of hydrogen-bond acceptors (Lipinski definition) is 7. The SMILES string of the molecule is Cn1cnnc1SCC(=O)NCCCNc1ccc([N+](=O)[O-])cc1Cl. The van der Waals surface area contributed by atoms with Gasteiger partial charge in [-0.05, 0) is 12.5 Å². The summed E-state index contributed by atoms with van der Waals surface area (Å²) in [6.45, 7) is 1.09. The highest BCUT2D eigenvalue weighted by Crippen LogP contribution is 2.26. The van der Waals surface area contributed by atoms with Crippen LogP contribution in [0.4, 0.5) is 11.4 Å². The molecule has 11 heteroatoms. The van der Waals surface area contributed by atoms with Crippen LogP contribution >= 0.6 is 23.4 Å². The Bertz CT molecular complexity index is 754. The van der Waals surface area contributed by atoms with Crippen molar-refractivity contribution in [2.24, 2.45) is 7.05 Å². The lowest BCUT2D eigenvalue weighted by molar-refractivity contribution is -0.384. The number of nitro benzene ring substituents is 1. The molecule has 134 valence electrons. The monoisotopic (exact) mass is 384 g/mol. The number of non-ortho nitro benzene ring substituents is 1. The molecule has 2 rings (SSSR count). The van der Waals surface area contributed by atoms with E-state index in [9.17, 15) is 14.9 Å². The summed E-state index contributed by atoms with van der Waals surface area (Å²) in [5.41, 5.74) is 0.569. The molecule has 0 bridgehead atoms. The molecule has 25 heavy (non-hydrogen) atoms. The van der Waals surface area contributed by atoms with Crippen molar-refractivity contribution in [1.82, 2.24) is 20.1 Å². The quantitative estimate of drug-likeness (QED) is 0.294. The van der Waals surface area contributed by atoms with E-state index in [0.717, 1.165) is 0 Å². The fourth-order valence-electron chi connectivity index (χ4n) is 1.88. The second-order valence-electron chi connectivity index (χ2n) is 5.06. The molecule has 1 aromatic heterocycles.